The number of nitrogens with one attached hydrogen (secondary N) is 1. The molecule has 24 heavy (non-hydrogen) atoms. The molecule has 5 heteroatoms. The van der Waals surface area contributed by atoms with Gasteiger partial charge in [0.05, 0.1) is 12.2 Å². The van der Waals surface area contributed by atoms with Crippen molar-refractivity contribution in [3.05, 3.63) is 59.7 Å². The molecule has 1 amide bonds. The van der Waals surface area contributed by atoms with Gasteiger partial charge in [-0.2, -0.15) is 0 Å². The second-order valence-corrected chi connectivity index (χ2v) is 6.84. The topological polar surface area (TPSA) is 66.4 Å². The summed E-state index contributed by atoms with van der Waals surface area (Å²) in [6.45, 7) is 4.29. The van der Waals surface area contributed by atoms with Crippen LogP contribution in [0.5, 0.6) is 0 Å². The van der Waals surface area contributed by atoms with Crippen molar-refractivity contribution >= 4 is 29.3 Å². The van der Waals surface area contributed by atoms with Gasteiger partial charge in [0.1, 0.15) is 0 Å². The summed E-state index contributed by atoms with van der Waals surface area (Å²) in [7, 11) is 0. The first kappa shape index (κ1) is 18.1. The monoisotopic (exact) mass is 343 g/mol. The van der Waals surface area contributed by atoms with E-state index in [4.69, 9.17) is 5.11 Å². The van der Waals surface area contributed by atoms with Gasteiger partial charge in [-0.05, 0) is 35.2 Å². The van der Waals surface area contributed by atoms with Gasteiger partial charge in [0.15, 0.2) is 0 Å². The highest BCUT2D eigenvalue weighted by atomic mass is 32.2. The predicted molar refractivity (Wildman–Crippen MR) is 97.7 cm³/mol. The molecular weight excluding hydrogens is 322 g/mol. The van der Waals surface area contributed by atoms with Crippen molar-refractivity contribution in [1.29, 1.82) is 0 Å². The van der Waals surface area contributed by atoms with E-state index in [0.717, 1.165) is 4.90 Å². The SMILES string of the molecule is CC(C)c1ccc(SCC(=O)Nc2ccccc2CC(=O)O)cc1. The zero-order valence-corrected chi connectivity index (χ0v) is 14.6. The first-order valence-corrected chi connectivity index (χ1v) is 8.76. The molecule has 0 aliphatic heterocycles. The summed E-state index contributed by atoms with van der Waals surface area (Å²) in [5, 5.41) is 11.7. The van der Waals surface area contributed by atoms with Crippen molar-refractivity contribution < 1.29 is 14.7 Å². The number of carboxylic acid groups (broad SMARTS) is 1. The number of thioether (sulfide) groups is 1. The van der Waals surface area contributed by atoms with Gasteiger partial charge < -0.3 is 10.4 Å². The number of carbonyl (C=O) groups is 2. The molecule has 0 unspecified atom stereocenters. The number of benzene rings is 2. The highest BCUT2D eigenvalue weighted by Crippen LogP contribution is 2.22. The molecule has 0 aliphatic carbocycles. The van der Waals surface area contributed by atoms with Crippen LogP contribution in [-0.4, -0.2) is 22.7 Å². The average molecular weight is 343 g/mol. The van der Waals surface area contributed by atoms with Crippen LogP contribution in [-0.2, 0) is 16.0 Å². The van der Waals surface area contributed by atoms with Gasteiger partial charge in [0, 0.05) is 10.6 Å². The number of carboxylic acids is 1. The molecule has 0 saturated carbocycles. The molecule has 0 spiro atoms. The van der Waals surface area contributed by atoms with Gasteiger partial charge in [-0.15, -0.1) is 11.8 Å². The number of rotatable bonds is 7. The van der Waals surface area contributed by atoms with Crippen LogP contribution < -0.4 is 5.32 Å². The van der Waals surface area contributed by atoms with Crippen LogP contribution in [0.25, 0.3) is 0 Å². The van der Waals surface area contributed by atoms with Gasteiger partial charge >= 0.3 is 5.97 Å². The maximum Gasteiger partial charge on any atom is 0.307 e. The standard InChI is InChI=1S/C19H21NO3S/c1-13(2)14-7-9-16(10-8-14)24-12-18(21)20-17-6-4-3-5-15(17)11-19(22)23/h3-10,13H,11-12H2,1-2H3,(H,20,21)(H,22,23). The van der Waals surface area contributed by atoms with Crippen molar-refractivity contribution in [3.63, 3.8) is 0 Å². The lowest BCUT2D eigenvalue weighted by molar-refractivity contribution is -0.136. The number of para-hydroxylation sites is 1. The Morgan fingerprint density at radius 2 is 1.75 bits per heavy atom. The molecule has 0 saturated heterocycles. The van der Waals surface area contributed by atoms with Crippen LogP contribution in [0.4, 0.5) is 5.69 Å². The highest BCUT2D eigenvalue weighted by Gasteiger charge is 2.10. The number of hydrogen-bond acceptors (Lipinski definition) is 3. The van der Waals surface area contributed by atoms with E-state index >= 15 is 0 Å². The summed E-state index contributed by atoms with van der Waals surface area (Å²) in [6.07, 6.45) is -0.111. The first-order chi connectivity index (χ1) is 11.5. The Labute approximate surface area is 146 Å². The van der Waals surface area contributed by atoms with Gasteiger partial charge in [0.25, 0.3) is 0 Å². The average Bonchev–Trinajstić information content (AvgIpc) is 2.54. The Bertz CT molecular complexity index is 711. The Morgan fingerprint density at radius 1 is 1.08 bits per heavy atom. The Hall–Kier alpha value is -2.27. The van der Waals surface area contributed by atoms with Crippen LogP contribution >= 0.6 is 11.8 Å². The molecule has 2 aromatic carbocycles. The van der Waals surface area contributed by atoms with E-state index in [1.807, 2.05) is 12.1 Å². The molecule has 0 aromatic heterocycles. The smallest absolute Gasteiger partial charge is 0.307 e. The van der Waals surface area contributed by atoms with E-state index < -0.39 is 5.97 Å². The third-order valence-corrected chi connectivity index (χ3v) is 4.56. The third-order valence-electron chi connectivity index (χ3n) is 3.55. The quantitative estimate of drug-likeness (QED) is 0.741. The largest absolute Gasteiger partial charge is 0.481 e. The van der Waals surface area contributed by atoms with E-state index in [-0.39, 0.29) is 18.1 Å². The van der Waals surface area contributed by atoms with Gasteiger partial charge in [-0.1, -0.05) is 44.2 Å². The zero-order valence-electron chi connectivity index (χ0n) is 13.8. The normalized spacial score (nSPS) is 10.6. The molecule has 126 valence electrons. The minimum atomic E-state index is -0.920. The van der Waals surface area contributed by atoms with E-state index in [1.54, 1.807) is 24.3 Å². The maximum atomic E-state index is 12.1. The van der Waals surface area contributed by atoms with Gasteiger partial charge in [-0.3, -0.25) is 9.59 Å². The molecule has 2 N–H and O–H groups in total. The number of carbonyl (C=O) groups excluding carboxylic acids is 1. The lowest BCUT2D eigenvalue weighted by Crippen LogP contribution is -2.16. The molecule has 0 fully saturated rings. The zero-order chi connectivity index (χ0) is 17.5. The van der Waals surface area contributed by atoms with Crippen LogP contribution in [0.2, 0.25) is 0 Å². The second-order valence-electron chi connectivity index (χ2n) is 5.79. The molecule has 0 atom stereocenters. The fourth-order valence-corrected chi connectivity index (χ4v) is 2.94. The van der Waals surface area contributed by atoms with Crippen molar-refractivity contribution in [1.82, 2.24) is 0 Å². The molecule has 4 nitrogen and oxygen atoms in total. The molecule has 0 bridgehead atoms. The highest BCUT2D eigenvalue weighted by molar-refractivity contribution is 8.00. The third kappa shape index (κ3) is 5.42. The van der Waals surface area contributed by atoms with Crippen LogP contribution in [0.3, 0.4) is 0 Å². The summed E-state index contributed by atoms with van der Waals surface area (Å²) in [5.74, 6) is -0.303. The minimum absolute atomic E-state index is 0.111. The first-order valence-electron chi connectivity index (χ1n) is 7.78. The summed E-state index contributed by atoms with van der Waals surface area (Å²) >= 11 is 1.46. The summed E-state index contributed by atoms with van der Waals surface area (Å²) in [5.41, 5.74) is 2.43. The van der Waals surface area contributed by atoms with E-state index in [1.165, 1.54) is 17.3 Å². The van der Waals surface area contributed by atoms with Crippen LogP contribution in [0.15, 0.2) is 53.4 Å². The van der Waals surface area contributed by atoms with Crippen LogP contribution in [0, 0.1) is 0 Å². The molecule has 2 rings (SSSR count). The van der Waals surface area contributed by atoms with Crippen molar-refractivity contribution in [2.75, 3.05) is 11.1 Å². The summed E-state index contributed by atoms with van der Waals surface area (Å²) in [4.78, 5) is 24.0. The van der Waals surface area contributed by atoms with Crippen molar-refractivity contribution in [2.24, 2.45) is 0 Å². The number of amides is 1. The molecule has 0 radical (unpaired) electrons. The van der Waals surface area contributed by atoms with Crippen LogP contribution in [0.1, 0.15) is 30.9 Å². The number of aliphatic carboxylic acids is 1. The van der Waals surface area contributed by atoms with E-state index in [0.29, 0.717) is 17.2 Å². The summed E-state index contributed by atoms with van der Waals surface area (Å²) < 4.78 is 0. The Morgan fingerprint density at radius 3 is 2.38 bits per heavy atom. The summed E-state index contributed by atoms with van der Waals surface area (Å²) in [6, 6.07) is 15.2. The molecule has 2 aromatic rings. The molecule has 0 aliphatic rings. The van der Waals surface area contributed by atoms with Crippen molar-refractivity contribution in [3.8, 4) is 0 Å². The van der Waals surface area contributed by atoms with E-state index in [2.05, 4.69) is 31.3 Å². The lowest BCUT2D eigenvalue weighted by atomic mass is 10.0. The number of anilines is 1. The molecular formula is C19H21NO3S. The predicted octanol–water partition coefficient (Wildman–Crippen LogP) is 4.17. The number of hydrogen-bond donors (Lipinski definition) is 2. The maximum absolute atomic E-state index is 12.1. The second kappa shape index (κ2) is 8.55. The Balaban J connectivity index is 1.93. The minimum Gasteiger partial charge on any atom is -0.481 e. The fourth-order valence-electron chi connectivity index (χ4n) is 2.24. The van der Waals surface area contributed by atoms with Gasteiger partial charge in [-0.25, -0.2) is 0 Å². The lowest BCUT2D eigenvalue weighted by Gasteiger charge is -2.10. The fraction of sp³-hybridized carbons (Fsp3) is 0.263. The van der Waals surface area contributed by atoms with Gasteiger partial charge in [0.2, 0.25) is 5.91 Å². The molecule has 0 heterocycles. The Kier molecular flexibility index (Phi) is 6.44. The van der Waals surface area contributed by atoms with E-state index in [9.17, 15) is 9.59 Å². The van der Waals surface area contributed by atoms with Crippen molar-refractivity contribution in [2.45, 2.75) is 31.1 Å².